The molecule has 0 amide bonds. The maximum absolute atomic E-state index is 12.2. The van der Waals surface area contributed by atoms with Crippen LogP contribution in [-0.2, 0) is 0 Å². The zero-order valence-electron chi connectivity index (χ0n) is 10.5. The molecule has 0 bridgehead atoms. The molecule has 0 spiro atoms. The van der Waals surface area contributed by atoms with Gasteiger partial charge in [0.1, 0.15) is 0 Å². The van der Waals surface area contributed by atoms with Crippen LogP contribution in [0.1, 0.15) is 19.4 Å². The molecule has 2 aromatic rings. The molecule has 0 aliphatic carbocycles. The van der Waals surface area contributed by atoms with Crippen LogP contribution in [0, 0.1) is 6.92 Å². The van der Waals surface area contributed by atoms with Gasteiger partial charge in [0.15, 0.2) is 5.65 Å². The highest BCUT2D eigenvalue weighted by Gasteiger charge is 2.11. The lowest BCUT2D eigenvalue weighted by atomic mass is 10.2. The second-order valence-corrected chi connectivity index (χ2v) is 4.00. The predicted molar refractivity (Wildman–Crippen MR) is 70.0 cm³/mol. The molecule has 2 heterocycles. The summed E-state index contributed by atoms with van der Waals surface area (Å²) >= 11 is 0. The summed E-state index contributed by atoms with van der Waals surface area (Å²) in [4.78, 5) is 16.5. The minimum atomic E-state index is 0.0138. The van der Waals surface area contributed by atoms with Gasteiger partial charge in [-0.3, -0.25) is 4.79 Å². The molecule has 0 atom stereocenters. The minimum absolute atomic E-state index is 0.0138. The van der Waals surface area contributed by atoms with Crippen molar-refractivity contribution in [3.63, 3.8) is 0 Å². The highest BCUT2D eigenvalue weighted by molar-refractivity contribution is 5.75. The number of aryl methyl sites for hydroxylation is 1. The van der Waals surface area contributed by atoms with E-state index in [9.17, 15) is 4.79 Å². The van der Waals surface area contributed by atoms with Gasteiger partial charge in [0.25, 0.3) is 5.56 Å². The van der Waals surface area contributed by atoms with Gasteiger partial charge in [-0.15, -0.1) is 0 Å². The van der Waals surface area contributed by atoms with Crippen molar-refractivity contribution in [2.24, 2.45) is 0 Å². The molecule has 2 aromatic heterocycles. The Morgan fingerprint density at radius 2 is 2.06 bits per heavy atom. The Hall–Kier alpha value is -1.84. The molecule has 0 unspecified atom stereocenters. The summed E-state index contributed by atoms with van der Waals surface area (Å²) in [7, 11) is 0. The zero-order valence-corrected chi connectivity index (χ0v) is 10.5. The highest BCUT2D eigenvalue weighted by atomic mass is 16.1. The quantitative estimate of drug-likeness (QED) is 0.806. The highest BCUT2D eigenvalue weighted by Crippen LogP contribution is 2.10. The van der Waals surface area contributed by atoms with Gasteiger partial charge in [-0.25, -0.2) is 9.66 Å². The third-order valence-electron chi connectivity index (χ3n) is 2.93. The molecule has 17 heavy (non-hydrogen) atoms. The molecule has 90 valence electrons. The Kier molecular flexibility index (Phi) is 3.13. The van der Waals surface area contributed by atoms with Crippen LogP contribution >= 0.6 is 0 Å². The van der Waals surface area contributed by atoms with Crippen molar-refractivity contribution in [3.8, 4) is 0 Å². The van der Waals surface area contributed by atoms with Gasteiger partial charge < -0.3 is 5.01 Å². The van der Waals surface area contributed by atoms with Gasteiger partial charge in [-0.1, -0.05) is 0 Å². The van der Waals surface area contributed by atoms with Crippen molar-refractivity contribution in [1.29, 1.82) is 0 Å². The molecule has 0 aliphatic heterocycles. The average molecular weight is 231 g/mol. The van der Waals surface area contributed by atoms with Gasteiger partial charge >= 0.3 is 0 Å². The third-order valence-corrected chi connectivity index (χ3v) is 2.93. The lowest BCUT2D eigenvalue weighted by Gasteiger charge is -2.24. The van der Waals surface area contributed by atoms with Crippen LogP contribution in [0.3, 0.4) is 0 Å². The Morgan fingerprint density at radius 3 is 2.71 bits per heavy atom. The number of nitrogens with zero attached hydrogens (tertiary/aromatic N) is 3. The second-order valence-electron chi connectivity index (χ2n) is 4.00. The number of hydrogen-bond donors (Lipinski definition) is 0. The normalized spacial score (nSPS) is 10.8. The van der Waals surface area contributed by atoms with Gasteiger partial charge in [0.2, 0.25) is 0 Å². The summed E-state index contributed by atoms with van der Waals surface area (Å²) in [6, 6.07) is 5.76. The van der Waals surface area contributed by atoms with E-state index < -0.39 is 0 Å². The van der Waals surface area contributed by atoms with Crippen molar-refractivity contribution in [3.05, 3.63) is 40.3 Å². The maximum Gasteiger partial charge on any atom is 0.273 e. The van der Waals surface area contributed by atoms with Crippen LogP contribution in [0.4, 0.5) is 0 Å². The summed E-state index contributed by atoms with van der Waals surface area (Å²) in [5.41, 5.74) is 1.49. The van der Waals surface area contributed by atoms with E-state index >= 15 is 0 Å². The van der Waals surface area contributed by atoms with Gasteiger partial charge in [-0.2, -0.15) is 0 Å². The monoisotopic (exact) mass is 231 g/mol. The first kappa shape index (κ1) is 11.6. The van der Waals surface area contributed by atoms with Gasteiger partial charge in [-0.05, 0) is 39.0 Å². The summed E-state index contributed by atoms with van der Waals surface area (Å²) in [5.74, 6) is 0. The topological polar surface area (TPSA) is 38.1 Å². The summed E-state index contributed by atoms with van der Waals surface area (Å²) in [5, 5.41) is 2.99. The van der Waals surface area contributed by atoms with Gasteiger partial charge in [0, 0.05) is 30.2 Å². The Bertz CT molecular complexity index is 585. The van der Waals surface area contributed by atoms with Crippen molar-refractivity contribution >= 4 is 11.0 Å². The predicted octanol–water partition coefficient (Wildman–Crippen LogP) is 1.68. The minimum Gasteiger partial charge on any atom is -0.309 e. The SMILES string of the molecule is CCN(CC)n1c(=O)c(C)cc2cccnc21. The average Bonchev–Trinajstić information content (AvgIpc) is 2.35. The van der Waals surface area contributed by atoms with Crippen LogP contribution in [-0.4, -0.2) is 22.7 Å². The largest absolute Gasteiger partial charge is 0.309 e. The summed E-state index contributed by atoms with van der Waals surface area (Å²) in [6.07, 6.45) is 1.72. The van der Waals surface area contributed by atoms with Gasteiger partial charge in [0.05, 0.1) is 0 Å². The molecule has 0 radical (unpaired) electrons. The maximum atomic E-state index is 12.2. The molecule has 4 heteroatoms. The Morgan fingerprint density at radius 1 is 1.35 bits per heavy atom. The number of pyridine rings is 2. The molecular formula is C13H17N3O. The zero-order chi connectivity index (χ0) is 12.4. The first-order chi connectivity index (χ1) is 8.19. The van der Waals surface area contributed by atoms with E-state index in [0.717, 1.165) is 29.7 Å². The number of aromatic nitrogens is 2. The van der Waals surface area contributed by atoms with E-state index in [0.29, 0.717) is 0 Å². The van der Waals surface area contributed by atoms with Crippen molar-refractivity contribution in [2.75, 3.05) is 18.1 Å². The molecule has 0 saturated heterocycles. The third kappa shape index (κ3) is 1.90. The van der Waals surface area contributed by atoms with E-state index in [4.69, 9.17) is 0 Å². The van der Waals surface area contributed by atoms with E-state index in [1.54, 1.807) is 10.9 Å². The van der Waals surface area contributed by atoms with E-state index in [1.165, 1.54) is 0 Å². The molecular weight excluding hydrogens is 214 g/mol. The first-order valence-electron chi connectivity index (χ1n) is 5.91. The summed E-state index contributed by atoms with van der Waals surface area (Å²) < 4.78 is 1.69. The number of fused-ring (bicyclic) bond motifs is 1. The fourth-order valence-corrected chi connectivity index (χ4v) is 2.03. The second kappa shape index (κ2) is 4.57. The molecule has 2 rings (SSSR count). The van der Waals surface area contributed by atoms with Crippen LogP contribution in [0.25, 0.3) is 11.0 Å². The van der Waals surface area contributed by atoms with Crippen molar-refractivity contribution in [2.45, 2.75) is 20.8 Å². The van der Waals surface area contributed by atoms with E-state index in [1.807, 2.05) is 44.0 Å². The van der Waals surface area contributed by atoms with Crippen molar-refractivity contribution in [1.82, 2.24) is 9.66 Å². The van der Waals surface area contributed by atoms with Crippen molar-refractivity contribution < 1.29 is 0 Å². The smallest absolute Gasteiger partial charge is 0.273 e. The number of hydrogen-bond acceptors (Lipinski definition) is 3. The fourth-order valence-electron chi connectivity index (χ4n) is 2.03. The molecule has 0 aliphatic rings. The summed E-state index contributed by atoms with van der Waals surface area (Å²) in [6.45, 7) is 7.48. The van der Waals surface area contributed by atoms with Crippen LogP contribution < -0.4 is 10.6 Å². The first-order valence-corrected chi connectivity index (χ1v) is 5.91. The van der Waals surface area contributed by atoms with Crippen LogP contribution in [0.5, 0.6) is 0 Å². The lowest BCUT2D eigenvalue weighted by molar-refractivity contribution is 0.612. The standard InChI is InChI=1S/C13H17N3O/c1-4-15(5-2)16-12-11(7-6-8-14-12)9-10(3)13(16)17/h6-9H,4-5H2,1-3H3. The Balaban J connectivity index is 2.83. The molecule has 0 saturated carbocycles. The van der Waals surface area contributed by atoms with Crippen LogP contribution in [0.2, 0.25) is 0 Å². The number of rotatable bonds is 3. The lowest BCUT2D eigenvalue weighted by Crippen LogP contribution is -2.43. The molecule has 4 nitrogen and oxygen atoms in total. The fraction of sp³-hybridized carbons (Fsp3) is 0.385. The molecule has 0 fully saturated rings. The van der Waals surface area contributed by atoms with Crippen LogP contribution in [0.15, 0.2) is 29.2 Å². The Labute approximate surface area is 100 Å². The van der Waals surface area contributed by atoms with E-state index in [-0.39, 0.29) is 5.56 Å². The molecule has 0 aromatic carbocycles. The molecule has 0 N–H and O–H groups in total. The van der Waals surface area contributed by atoms with E-state index in [2.05, 4.69) is 4.98 Å².